The maximum atomic E-state index is 11.9. The number of carbonyl (C=O) groups is 1. The Morgan fingerprint density at radius 3 is 2.65 bits per heavy atom. The largest absolute Gasteiger partial charge is 0.345 e. The first-order valence-corrected chi connectivity index (χ1v) is 6.24. The highest BCUT2D eigenvalue weighted by atomic mass is 16.2. The van der Waals surface area contributed by atoms with Crippen molar-refractivity contribution in [2.75, 3.05) is 26.7 Å². The fourth-order valence-corrected chi connectivity index (χ4v) is 1.96. The van der Waals surface area contributed by atoms with E-state index >= 15 is 0 Å². The van der Waals surface area contributed by atoms with E-state index in [-0.39, 0.29) is 5.91 Å². The van der Waals surface area contributed by atoms with Crippen LogP contribution < -0.4 is 5.32 Å². The first-order chi connectivity index (χ1) is 8.25. The number of rotatable bonds is 5. The van der Waals surface area contributed by atoms with Gasteiger partial charge in [0.2, 0.25) is 5.91 Å². The fourth-order valence-electron chi connectivity index (χ4n) is 1.96. The van der Waals surface area contributed by atoms with Gasteiger partial charge in [-0.25, -0.2) is 0 Å². The van der Waals surface area contributed by atoms with Crippen molar-refractivity contribution in [1.29, 1.82) is 0 Å². The fraction of sp³-hybridized carbons (Fsp3) is 0.500. The van der Waals surface area contributed by atoms with Gasteiger partial charge in [0.15, 0.2) is 0 Å². The molecule has 1 aromatic carbocycles. The molecule has 1 aliphatic rings. The molecule has 0 radical (unpaired) electrons. The topological polar surface area (TPSA) is 32.3 Å². The minimum Gasteiger partial charge on any atom is -0.345 e. The average Bonchev–Trinajstić information content (AvgIpc) is 2.32. The number of hydrogen-bond acceptors (Lipinski definition) is 2. The van der Waals surface area contributed by atoms with Crippen LogP contribution in [0.2, 0.25) is 0 Å². The molecule has 3 heteroatoms. The van der Waals surface area contributed by atoms with E-state index in [1.807, 2.05) is 30.1 Å². The number of nitrogens with zero attached hydrogens (tertiary/aromatic N) is 1. The van der Waals surface area contributed by atoms with Gasteiger partial charge in [0.25, 0.3) is 0 Å². The number of nitrogens with one attached hydrogen (secondary N) is 1. The van der Waals surface area contributed by atoms with Crippen LogP contribution in [-0.4, -0.2) is 37.5 Å². The Hall–Kier alpha value is -1.35. The molecule has 1 N–H and O–H groups in total. The summed E-state index contributed by atoms with van der Waals surface area (Å²) in [6, 6.07) is 10.3. The zero-order valence-corrected chi connectivity index (χ0v) is 10.4. The summed E-state index contributed by atoms with van der Waals surface area (Å²) in [5.41, 5.74) is 1.29. The van der Waals surface area contributed by atoms with Crippen molar-refractivity contribution in [3.05, 3.63) is 35.9 Å². The van der Waals surface area contributed by atoms with Crippen LogP contribution in [-0.2, 0) is 11.2 Å². The van der Waals surface area contributed by atoms with Crippen molar-refractivity contribution < 1.29 is 4.79 Å². The summed E-state index contributed by atoms with van der Waals surface area (Å²) in [5.74, 6) is 0.828. The summed E-state index contributed by atoms with van der Waals surface area (Å²) in [7, 11) is 1.90. The van der Waals surface area contributed by atoms with Gasteiger partial charge in [0.1, 0.15) is 0 Å². The molecule has 1 aliphatic heterocycles. The van der Waals surface area contributed by atoms with Crippen LogP contribution in [0, 0.1) is 5.92 Å². The molecule has 2 rings (SSSR count). The molecule has 0 bridgehead atoms. The number of benzene rings is 1. The molecule has 0 aliphatic carbocycles. The van der Waals surface area contributed by atoms with Gasteiger partial charge in [0, 0.05) is 20.0 Å². The molecule has 0 unspecified atom stereocenters. The van der Waals surface area contributed by atoms with Gasteiger partial charge < -0.3 is 10.2 Å². The van der Waals surface area contributed by atoms with Crippen LogP contribution in [0.3, 0.4) is 0 Å². The molecule has 1 saturated heterocycles. The van der Waals surface area contributed by atoms with Crippen molar-refractivity contribution in [1.82, 2.24) is 10.2 Å². The molecule has 0 spiro atoms. The van der Waals surface area contributed by atoms with Crippen LogP contribution in [0.5, 0.6) is 0 Å². The van der Waals surface area contributed by atoms with E-state index in [4.69, 9.17) is 0 Å². The van der Waals surface area contributed by atoms with Crippen LogP contribution in [0.25, 0.3) is 0 Å². The van der Waals surface area contributed by atoms with Crippen LogP contribution in [0.1, 0.15) is 12.0 Å². The zero-order chi connectivity index (χ0) is 12.1. The van der Waals surface area contributed by atoms with E-state index in [0.29, 0.717) is 12.3 Å². The molecule has 0 saturated carbocycles. The summed E-state index contributed by atoms with van der Waals surface area (Å²) < 4.78 is 0. The smallest absolute Gasteiger partial charge is 0.222 e. The molecule has 1 heterocycles. The van der Waals surface area contributed by atoms with Gasteiger partial charge >= 0.3 is 0 Å². The Labute approximate surface area is 103 Å². The Bertz CT molecular complexity index is 360. The van der Waals surface area contributed by atoms with Gasteiger partial charge in [-0.15, -0.1) is 0 Å². The summed E-state index contributed by atoms with van der Waals surface area (Å²) in [5, 5.41) is 3.19. The Morgan fingerprint density at radius 2 is 2.06 bits per heavy atom. The molecule has 1 fully saturated rings. The Morgan fingerprint density at radius 1 is 1.35 bits per heavy atom. The van der Waals surface area contributed by atoms with Crippen LogP contribution >= 0.6 is 0 Å². The first-order valence-electron chi connectivity index (χ1n) is 6.24. The van der Waals surface area contributed by atoms with Crippen molar-refractivity contribution in [2.24, 2.45) is 5.92 Å². The third-order valence-corrected chi connectivity index (χ3v) is 3.33. The van der Waals surface area contributed by atoms with Crippen molar-refractivity contribution in [2.45, 2.75) is 12.8 Å². The quantitative estimate of drug-likeness (QED) is 0.830. The molecular weight excluding hydrogens is 212 g/mol. The average molecular weight is 232 g/mol. The molecule has 1 aromatic rings. The normalized spacial score (nSPS) is 15.4. The number of likely N-dealkylation sites (N-methyl/N-ethyl adjacent to an activating group) is 1. The predicted molar refractivity (Wildman–Crippen MR) is 68.8 cm³/mol. The molecule has 3 nitrogen and oxygen atoms in total. The number of carbonyl (C=O) groups excluding carboxylic acids is 1. The van der Waals surface area contributed by atoms with Gasteiger partial charge in [-0.1, -0.05) is 30.3 Å². The second-order valence-corrected chi connectivity index (χ2v) is 4.78. The highest BCUT2D eigenvalue weighted by Crippen LogP contribution is 2.10. The van der Waals surface area contributed by atoms with Gasteiger partial charge in [-0.2, -0.15) is 0 Å². The van der Waals surface area contributed by atoms with Gasteiger partial charge in [0.05, 0.1) is 0 Å². The van der Waals surface area contributed by atoms with E-state index < -0.39 is 0 Å². The van der Waals surface area contributed by atoms with E-state index in [2.05, 4.69) is 17.4 Å². The van der Waals surface area contributed by atoms with E-state index in [9.17, 15) is 4.79 Å². The lowest BCUT2D eigenvalue weighted by atomic mass is 9.99. The lowest BCUT2D eigenvalue weighted by molar-refractivity contribution is -0.131. The Balaban J connectivity index is 1.72. The molecule has 17 heavy (non-hydrogen) atoms. The van der Waals surface area contributed by atoms with Crippen molar-refractivity contribution >= 4 is 5.91 Å². The second-order valence-electron chi connectivity index (χ2n) is 4.78. The lowest BCUT2D eigenvalue weighted by Crippen LogP contribution is -2.45. The highest BCUT2D eigenvalue weighted by Gasteiger charge is 2.21. The highest BCUT2D eigenvalue weighted by molar-refractivity contribution is 5.76. The standard InChI is InChI=1S/C14H20N2O/c1-16(14(17)9-13-10-15-11-13)8-7-12-5-3-2-4-6-12/h2-6,13,15H,7-11H2,1H3. The first kappa shape index (κ1) is 12.1. The molecule has 1 amide bonds. The third kappa shape index (κ3) is 3.56. The Kier molecular flexibility index (Phi) is 4.15. The van der Waals surface area contributed by atoms with E-state index in [0.717, 1.165) is 26.1 Å². The SMILES string of the molecule is CN(CCc1ccccc1)C(=O)CC1CNC1. The summed E-state index contributed by atoms with van der Waals surface area (Å²) in [4.78, 5) is 13.7. The van der Waals surface area contributed by atoms with E-state index in [1.54, 1.807) is 0 Å². The minimum atomic E-state index is 0.271. The summed E-state index contributed by atoms with van der Waals surface area (Å²) in [6.07, 6.45) is 1.63. The van der Waals surface area contributed by atoms with Crippen molar-refractivity contribution in [3.8, 4) is 0 Å². The van der Waals surface area contributed by atoms with Gasteiger partial charge in [-0.3, -0.25) is 4.79 Å². The van der Waals surface area contributed by atoms with Crippen LogP contribution in [0.15, 0.2) is 30.3 Å². The third-order valence-electron chi connectivity index (χ3n) is 3.33. The maximum Gasteiger partial charge on any atom is 0.222 e. The zero-order valence-electron chi connectivity index (χ0n) is 10.4. The number of amides is 1. The lowest BCUT2D eigenvalue weighted by Gasteiger charge is -2.28. The predicted octanol–water partition coefficient (Wildman–Crippen LogP) is 1.30. The van der Waals surface area contributed by atoms with Crippen LogP contribution in [0.4, 0.5) is 0 Å². The summed E-state index contributed by atoms with van der Waals surface area (Å²) >= 11 is 0. The number of hydrogen-bond donors (Lipinski definition) is 1. The monoisotopic (exact) mass is 232 g/mol. The van der Waals surface area contributed by atoms with Crippen molar-refractivity contribution in [3.63, 3.8) is 0 Å². The summed E-state index contributed by atoms with van der Waals surface area (Å²) in [6.45, 7) is 2.81. The minimum absolute atomic E-state index is 0.271. The second kappa shape index (κ2) is 5.82. The molecule has 92 valence electrons. The van der Waals surface area contributed by atoms with Gasteiger partial charge in [-0.05, 0) is 31.0 Å². The maximum absolute atomic E-state index is 11.9. The van der Waals surface area contributed by atoms with E-state index in [1.165, 1.54) is 5.56 Å². The molecule has 0 aromatic heterocycles. The molecular formula is C14H20N2O. The molecule has 0 atom stereocenters.